The molecule has 0 unspecified atom stereocenters. The monoisotopic (exact) mass is 1070 g/mol. The molecule has 0 fully saturated rings. The number of benzene rings is 12. The van der Waals surface area contributed by atoms with Gasteiger partial charge in [0.25, 0.3) is 0 Å². The van der Waals surface area contributed by atoms with Crippen molar-refractivity contribution in [3.05, 3.63) is 349 Å². The van der Waals surface area contributed by atoms with Crippen LogP contribution in [0.4, 0.5) is 17.1 Å². The van der Waals surface area contributed by atoms with Crippen LogP contribution in [-0.4, -0.2) is 4.57 Å². The van der Waals surface area contributed by atoms with Gasteiger partial charge in [-0.3, -0.25) is 0 Å². The average molecular weight is 1070 g/mol. The molecule has 0 N–H and O–H groups in total. The molecule has 1 aromatic heterocycles. The summed E-state index contributed by atoms with van der Waals surface area (Å²) in [6, 6.07) is 105. The topological polar surface area (TPSA) is 26.6 Å². The smallest absolute Gasteiger partial charge is 0.121 e. The Hall–Kier alpha value is -10.7. The van der Waals surface area contributed by atoms with Gasteiger partial charge >= 0.3 is 0 Å². The molecule has 1 aliphatic carbocycles. The Kier molecular flexibility index (Phi) is 13.2. The van der Waals surface area contributed by atoms with E-state index in [1.54, 1.807) is 0 Å². The fraction of sp³-hybridized carbons (Fsp3) is 0.0380. The minimum absolute atomic E-state index is 0.472. The molecule has 13 aromatic rings. The highest BCUT2D eigenvalue weighted by atomic mass is 16.5. The standard InChI is InChI=1S/C79H58N2O2/c1-3-55-24-28-57(29-25-55)53-82-69-44-36-60(37-45-69)59-32-39-66(40-33-59)80(68-43-48-76-73(51-68)71-22-14-15-23-75(71)79(76,63-16-8-5-9-17-63)64-18-10-6-11-19-64)67-41-34-61(35-42-67)62-38-49-77-74(50-62)72-47-46-70(83-54-58-30-26-56(4-2)27-31-58)52-78(72)81(77)65-20-12-7-13-21-65/h3-52H,1-2,53-54H2. The summed E-state index contributed by atoms with van der Waals surface area (Å²) in [5.74, 6) is 1.65. The zero-order valence-corrected chi connectivity index (χ0v) is 45.9. The van der Waals surface area contributed by atoms with Crippen LogP contribution in [0.15, 0.2) is 304 Å². The third kappa shape index (κ3) is 9.36. The molecule has 14 rings (SSSR count). The molecule has 0 saturated carbocycles. The van der Waals surface area contributed by atoms with Crippen LogP contribution in [0.2, 0.25) is 0 Å². The summed E-state index contributed by atoms with van der Waals surface area (Å²) in [5, 5.41) is 2.34. The van der Waals surface area contributed by atoms with Crippen molar-refractivity contribution < 1.29 is 9.47 Å². The Morgan fingerprint density at radius 3 is 1.43 bits per heavy atom. The minimum Gasteiger partial charge on any atom is -0.489 e. The number of aromatic nitrogens is 1. The van der Waals surface area contributed by atoms with Crippen LogP contribution in [0.5, 0.6) is 11.5 Å². The zero-order valence-electron chi connectivity index (χ0n) is 45.9. The molecule has 0 spiro atoms. The molecule has 0 bridgehead atoms. The van der Waals surface area contributed by atoms with E-state index in [1.807, 2.05) is 12.2 Å². The normalized spacial score (nSPS) is 12.1. The van der Waals surface area contributed by atoms with Crippen LogP contribution < -0.4 is 14.4 Å². The third-order valence-electron chi connectivity index (χ3n) is 16.5. The second-order valence-corrected chi connectivity index (χ2v) is 21.3. The largest absolute Gasteiger partial charge is 0.489 e. The number of hydrogen-bond acceptors (Lipinski definition) is 3. The van der Waals surface area contributed by atoms with Gasteiger partial charge in [0.15, 0.2) is 0 Å². The molecule has 83 heavy (non-hydrogen) atoms. The molecular formula is C79H58N2O2. The summed E-state index contributed by atoms with van der Waals surface area (Å²) in [7, 11) is 0. The second-order valence-electron chi connectivity index (χ2n) is 21.3. The first-order chi connectivity index (χ1) is 41.0. The predicted octanol–water partition coefficient (Wildman–Crippen LogP) is 20.4. The molecule has 0 saturated heterocycles. The molecule has 0 aliphatic heterocycles. The third-order valence-corrected chi connectivity index (χ3v) is 16.5. The summed E-state index contributed by atoms with van der Waals surface area (Å²) in [4.78, 5) is 2.40. The van der Waals surface area contributed by atoms with Crippen molar-refractivity contribution in [3.63, 3.8) is 0 Å². The number of rotatable bonds is 16. The lowest BCUT2D eigenvalue weighted by Crippen LogP contribution is -2.28. The first kappa shape index (κ1) is 50.5. The Morgan fingerprint density at radius 2 is 0.843 bits per heavy atom. The van der Waals surface area contributed by atoms with Gasteiger partial charge in [-0.05, 0) is 163 Å². The lowest BCUT2D eigenvalue weighted by Gasteiger charge is -2.34. The van der Waals surface area contributed by atoms with E-state index >= 15 is 0 Å². The maximum Gasteiger partial charge on any atom is 0.121 e. The summed E-state index contributed by atoms with van der Waals surface area (Å²) < 4.78 is 15.0. The highest BCUT2D eigenvalue weighted by Crippen LogP contribution is 2.57. The van der Waals surface area contributed by atoms with Crippen LogP contribution in [0.3, 0.4) is 0 Å². The number of fused-ring (bicyclic) bond motifs is 6. The van der Waals surface area contributed by atoms with E-state index in [9.17, 15) is 0 Å². The molecule has 0 radical (unpaired) electrons. The Morgan fingerprint density at radius 1 is 0.361 bits per heavy atom. The van der Waals surface area contributed by atoms with Crippen molar-refractivity contribution in [2.75, 3.05) is 4.90 Å². The van der Waals surface area contributed by atoms with Gasteiger partial charge in [0.1, 0.15) is 24.7 Å². The molecule has 0 amide bonds. The highest BCUT2D eigenvalue weighted by molar-refractivity contribution is 6.11. The fourth-order valence-electron chi connectivity index (χ4n) is 12.3. The lowest BCUT2D eigenvalue weighted by molar-refractivity contribution is 0.306. The number of hydrogen-bond donors (Lipinski definition) is 0. The van der Waals surface area contributed by atoms with Gasteiger partial charge < -0.3 is 18.9 Å². The van der Waals surface area contributed by atoms with Gasteiger partial charge in [-0.15, -0.1) is 0 Å². The molecule has 4 nitrogen and oxygen atoms in total. The first-order valence-electron chi connectivity index (χ1n) is 28.3. The van der Waals surface area contributed by atoms with E-state index in [-0.39, 0.29) is 0 Å². The van der Waals surface area contributed by atoms with Gasteiger partial charge in [0.05, 0.1) is 16.4 Å². The van der Waals surface area contributed by atoms with Crippen molar-refractivity contribution in [2.24, 2.45) is 0 Å². The number of para-hydroxylation sites is 1. The minimum atomic E-state index is -0.498. The summed E-state index contributed by atoms with van der Waals surface area (Å²) in [5.41, 5.74) is 22.4. The molecule has 1 aliphatic rings. The Labute approximate surface area is 485 Å². The van der Waals surface area contributed by atoms with E-state index in [1.165, 1.54) is 38.8 Å². The zero-order chi connectivity index (χ0) is 55.7. The van der Waals surface area contributed by atoms with Gasteiger partial charge in [-0.25, -0.2) is 0 Å². The van der Waals surface area contributed by atoms with Gasteiger partial charge in [-0.1, -0.05) is 226 Å². The number of ether oxygens (including phenoxy) is 2. The van der Waals surface area contributed by atoms with E-state index < -0.39 is 5.41 Å². The van der Waals surface area contributed by atoms with Crippen molar-refractivity contribution in [2.45, 2.75) is 18.6 Å². The van der Waals surface area contributed by atoms with Crippen LogP contribution in [0.25, 0.3) is 73.0 Å². The van der Waals surface area contributed by atoms with E-state index in [0.717, 1.165) is 95.2 Å². The molecular weight excluding hydrogens is 1010 g/mol. The average Bonchev–Trinajstić information content (AvgIpc) is 2.92. The highest BCUT2D eigenvalue weighted by Gasteiger charge is 2.46. The molecule has 12 aromatic carbocycles. The predicted molar refractivity (Wildman–Crippen MR) is 345 cm³/mol. The van der Waals surface area contributed by atoms with Crippen LogP contribution in [0, 0.1) is 0 Å². The van der Waals surface area contributed by atoms with Crippen molar-refractivity contribution in [1.29, 1.82) is 0 Å². The first-order valence-corrected chi connectivity index (χ1v) is 28.3. The Balaban J connectivity index is 0.834. The fourth-order valence-corrected chi connectivity index (χ4v) is 12.3. The van der Waals surface area contributed by atoms with E-state index in [2.05, 4.69) is 314 Å². The number of anilines is 3. The van der Waals surface area contributed by atoms with Crippen LogP contribution >= 0.6 is 0 Å². The molecule has 0 atom stereocenters. The molecule has 396 valence electrons. The maximum atomic E-state index is 6.44. The summed E-state index contributed by atoms with van der Waals surface area (Å²) in [6.45, 7) is 8.75. The van der Waals surface area contributed by atoms with Gasteiger partial charge in [0, 0.05) is 39.6 Å². The summed E-state index contributed by atoms with van der Waals surface area (Å²) in [6.07, 6.45) is 3.71. The van der Waals surface area contributed by atoms with Crippen molar-refractivity contribution >= 4 is 51.0 Å². The number of nitrogens with zero attached hydrogens (tertiary/aromatic N) is 2. The lowest BCUT2D eigenvalue weighted by atomic mass is 9.68. The van der Waals surface area contributed by atoms with Crippen molar-refractivity contribution in [3.8, 4) is 50.6 Å². The van der Waals surface area contributed by atoms with Gasteiger partial charge in [-0.2, -0.15) is 0 Å². The quantitative estimate of drug-likeness (QED) is 0.0965. The van der Waals surface area contributed by atoms with Crippen LogP contribution in [-0.2, 0) is 18.6 Å². The van der Waals surface area contributed by atoms with E-state index in [4.69, 9.17) is 9.47 Å². The molecule has 1 heterocycles. The van der Waals surface area contributed by atoms with E-state index in [0.29, 0.717) is 13.2 Å². The Bertz CT molecular complexity index is 4430. The maximum absolute atomic E-state index is 6.44. The van der Waals surface area contributed by atoms with Crippen molar-refractivity contribution in [1.82, 2.24) is 4.57 Å². The van der Waals surface area contributed by atoms with Crippen LogP contribution in [0.1, 0.15) is 44.5 Å². The van der Waals surface area contributed by atoms with Gasteiger partial charge in [0.2, 0.25) is 0 Å². The SMILES string of the molecule is C=Cc1ccc(COc2ccc(-c3ccc(N(c4ccc(-c5ccc6c(c5)c5ccc(OCc7ccc(C=C)cc7)cc5n6-c5ccccc5)cc4)c4ccc5c(c4)-c4ccccc4C5(c4ccccc4)c4ccccc4)cc3)cc2)cc1. The molecule has 4 heteroatoms. The second kappa shape index (κ2) is 21.8. The summed E-state index contributed by atoms with van der Waals surface area (Å²) >= 11 is 0.